The van der Waals surface area contributed by atoms with Crippen molar-refractivity contribution in [1.29, 1.82) is 0 Å². The van der Waals surface area contributed by atoms with Crippen molar-refractivity contribution in [2.24, 2.45) is 51.1 Å². The number of nitrogens with one attached hydrogen (secondary N) is 2. The van der Waals surface area contributed by atoms with Crippen LogP contribution in [0.25, 0.3) is 9.75 Å². The highest BCUT2D eigenvalue weighted by Crippen LogP contribution is 2.70. The minimum atomic E-state index is -1.35. The fraction of sp³-hybridized carbons (Fsp3) is 0.500. The molecule has 0 saturated heterocycles. The van der Waals surface area contributed by atoms with Crippen LogP contribution in [-0.2, 0) is 12.8 Å². The first-order valence-corrected chi connectivity index (χ1v) is 24.3. The van der Waals surface area contributed by atoms with Crippen LogP contribution in [0.2, 0.25) is 0 Å². The summed E-state index contributed by atoms with van der Waals surface area (Å²) in [6.07, 6.45) is 8.11. The molecule has 5 aliphatic rings. The van der Waals surface area contributed by atoms with E-state index in [4.69, 9.17) is 5.73 Å². The van der Waals surface area contributed by atoms with Gasteiger partial charge in [-0.2, -0.15) is 0 Å². The van der Waals surface area contributed by atoms with Crippen molar-refractivity contribution in [2.75, 3.05) is 32.1 Å². The van der Waals surface area contributed by atoms with Crippen molar-refractivity contribution in [2.45, 2.75) is 95.6 Å². The third-order valence-electron chi connectivity index (χ3n) is 15.8. The van der Waals surface area contributed by atoms with Crippen molar-refractivity contribution in [1.82, 2.24) is 5.32 Å². The second-order valence-corrected chi connectivity index (χ2v) is 21.5. The molecule has 1 aliphatic heterocycles. The summed E-state index contributed by atoms with van der Waals surface area (Å²) in [5.41, 5.74) is 8.76. The maximum Gasteiger partial charge on any atom is 0.188 e. The van der Waals surface area contributed by atoms with Gasteiger partial charge in [0.2, 0.25) is 0 Å². The van der Waals surface area contributed by atoms with Crippen LogP contribution in [0.3, 0.4) is 0 Å². The Morgan fingerprint density at radius 3 is 2.65 bits per heavy atom. The van der Waals surface area contributed by atoms with E-state index in [-0.39, 0.29) is 77.8 Å². The molecule has 0 unspecified atom stereocenters. The minimum absolute atomic E-state index is 0.0809. The van der Waals surface area contributed by atoms with Crippen LogP contribution >= 0.6 is 22.7 Å². The molecule has 8 N–H and O–H groups in total. The number of guanidine groups is 1. The van der Waals surface area contributed by atoms with Gasteiger partial charge in [-0.25, -0.2) is 0 Å². The van der Waals surface area contributed by atoms with Crippen molar-refractivity contribution < 1.29 is 25.2 Å². The van der Waals surface area contributed by atoms with Gasteiger partial charge < -0.3 is 36.8 Å². The van der Waals surface area contributed by atoms with E-state index >= 15 is 4.79 Å². The number of aliphatic hydroxyl groups excluding tert-OH is 2. The highest BCUT2D eigenvalue weighted by atomic mass is 32.1. The number of hydrogen-bond acceptors (Lipinski definition) is 9. The predicted octanol–water partition coefficient (Wildman–Crippen LogP) is 7.95. The molecule has 9 nitrogen and oxygen atoms in total. The van der Waals surface area contributed by atoms with Gasteiger partial charge in [-0.3, -0.25) is 9.79 Å². The summed E-state index contributed by atoms with van der Waals surface area (Å²) >= 11 is 3.24. The van der Waals surface area contributed by atoms with Crippen LogP contribution in [0.5, 0.6) is 5.75 Å². The number of aromatic hydroxyl groups is 1. The number of nitrogens with zero attached hydrogens (tertiary/aromatic N) is 1. The molecule has 4 aliphatic carbocycles. The number of carbonyl (C=O) groups excluding carboxylic acids is 1. The van der Waals surface area contributed by atoms with Gasteiger partial charge in [0.15, 0.2) is 11.7 Å². The number of nitrogens with two attached hydrogens (primary N) is 1. The van der Waals surface area contributed by atoms with Gasteiger partial charge in [-0.05, 0) is 147 Å². The van der Waals surface area contributed by atoms with Gasteiger partial charge in [0.05, 0.1) is 33.2 Å². The van der Waals surface area contributed by atoms with E-state index in [0.717, 1.165) is 93.1 Å². The molecule has 11 heteroatoms. The Kier molecular flexibility index (Phi) is 12.0. The Labute approximate surface area is 379 Å². The molecule has 63 heavy (non-hydrogen) atoms. The first-order valence-electron chi connectivity index (χ1n) is 22.7. The number of ketones is 1. The zero-order chi connectivity index (χ0) is 44.1. The lowest BCUT2D eigenvalue weighted by Crippen LogP contribution is -2.50. The maximum atomic E-state index is 15.4. The largest absolute Gasteiger partial charge is 0.508 e. The van der Waals surface area contributed by atoms with Gasteiger partial charge in [0, 0.05) is 59.8 Å². The maximum absolute atomic E-state index is 15.4. The number of benzene rings is 2. The first-order chi connectivity index (χ1) is 30.4. The minimum Gasteiger partial charge on any atom is -0.508 e. The molecule has 9 rings (SSSR count). The predicted molar refractivity (Wildman–Crippen MR) is 253 cm³/mol. The molecule has 7 bridgehead atoms. The van der Waals surface area contributed by atoms with E-state index in [2.05, 4.69) is 69.6 Å². The van der Waals surface area contributed by atoms with E-state index in [9.17, 15) is 20.4 Å². The smallest absolute Gasteiger partial charge is 0.188 e. The number of anilines is 1. The standard InChI is InChI=1S/C52H60N4O5S2/c1-4-7-38-13-16-45(62-38)46-17-18-47(63-46)48(60)40-15-12-34-25-51(40)26-41(52(29-51)19-6-10-36(52)27-57)33-11-14-39-35(23-43(34)56-49(53)54-3)22-37(59)24-44(39)55-30-50(2,61)42(28-58)32-9-5-8-31(20-32)21-33/h5,8-9,13,16-18,20,22,24,33-34,36,40-43,55,57-59,61H,6,10,12,15,19,21,23,25-30H2,1-3H3,(H3,53,54,56)/t33-,34-,36-,40-,41-,42-,43-,50-,51+,52-/m1/s1. The molecular formula is C52H60N4O5S2. The molecule has 2 aromatic carbocycles. The number of β-amino-alcohol motifs (C(OH)–C–C–N with tert-alkyl or cyclic N) is 1. The third-order valence-corrected chi connectivity index (χ3v) is 18.1. The number of Topliss-reactive ketones (excluding diaryl/α,β-unsaturated/α-hetero) is 1. The zero-order valence-corrected chi connectivity index (χ0v) is 38.2. The highest BCUT2D eigenvalue weighted by Gasteiger charge is 2.64. The molecule has 0 amide bonds. The second kappa shape index (κ2) is 17.4. The molecule has 0 radical (unpaired) electrons. The van der Waals surface area contributed by atoms with E-state index in [1.807, 2.05) is 25.1 Å². The third kappa shape index (κ3) is 8.10. The number of carbonyl (C=O) groups is 1. The average Bonchev–Trinajstić information content (AvgIpc) is 4.08. The summed E-state index contributed by atoms with van der Waals surface area (Å²) in [4.78, 5) is 23.7. The fourth-order valence-corrected chi connectivity index (χ4v) is 14.9. The molecule has 2 aromatic heterocycles. The van der Waals surface area contributed by atoms with Crippen LogP contribution in [0, 0.1) is 64.1 Å². The van der Waals surface area contributed by atoms with Crippen molar-refractivity contribution >= 4 is 40.1 Å². The lowest BCUT2D eigenvalue weighted by Gasteiger charge is -2.48. The lowest BCUT2D eigenvalue weighted by molar-refractivity contribution is 0.0217. The van der Waals surface area contributed by atoms with E-state index < -0.39 is 11.5 Å². The number of aliphatic imine (C=N–C) groups is 1. The Balaban J connectivity index is 1.23. The SMILES string of the molecule is CC#Cc1ccc(-c2ccc(C(=O)[C@H]3CC[C@@H]4C[C@@]35C[C@H]([C@@H]3C#Cc6c(cc(O)cc6NC[C@@](C)(O)[C@H](CO)c6cccc(c6)C3)C[C@H]4NC(N)=NC)[C@]3(CCC[C@@H]3CO)C5)s2)s1. The van der Waals surface area contributed by atoms with Crippen LogP contribution in [0.4, 0.5) is 5.69 Å². The van der Waals surface area contributed by atoms with E-state index in [0.29, 0.717) is 24.5 Å². The number of fused-ring (bicyclic) bond motifs is 7. The summed E-state index contributed by atoms with van der Waals surface area (Å²) in [7, 11) is 1.68. The molecule has 3 heterocycles. The number of rotatable bonds is 6. The van der Waals surface area contributed by atoms with Gasteiger partial charge in [0.25, 0.3) is 0 Å². The molecule has 330 valence electrons. The van der Waals surface area contributed by atoms with Crippen LogP contribution in [0.15, 0.2) is 65.7 Å². The van der Waals surface area contributed by atoms with Crippen LogP contribution in [0.1, 0.15) is 108 Å². The molecule has 4 aromatic rings. The van der Waals surface area contributed by atoms with Crippen molar-refractivity contribution in [3.05, 3.63) is 92.7 Å². The molecular weight excluding hydrogens is 825 g/mol. The molecule has 10 atom stereocenters. The monoisotopic (exact) mass is 884 g/mol. The van der Waals surface area contributed by atoms with Crippen LogP contribution in [-0.4, -0.2) is 70.6 Å². The van der Waals surface area contributed by atoms with E-state index in [1.54, 1.807) is 48.8 Å². The highest BCUT2D eigenvalue weighted by molar-refractivity contribution is 7.23. The normalized spacial score (nSPS) is 32.3. The Morgan fingerprint density at radius 2 is 1.86 bits per heavy atom. The summed E-state index contributed by atoms with van der Waals surface area (Å²) in [6, 6.07) is 19.8. The van der Waals surface area contributed by atoms with Gasteiger partial charge in [0.1, 0.15) is 5.75 Å². The quantitative estimate of drug-likeness (QED) is 0.0445. The zero-order valence-electron chi connectivity index (χ0n) is 36.5. The first kappa shape index (κ1) is 43.6. The summed E-state index contributed by atoms with van der Waals surface area (Å²) in [6.45, 7) is 3.55. The lowest BCUT2D eigenvalue weighted by atomic mass is 9.57. The number of phenols is 1. The number of phenolic OH excluding ortho intramolecular Hbond substituents is 1. The number of thiophene rings is 2. The average molecular weight is 885 g/mol. The molecule has 2 spiro atoms. The van der Waals surface area contributed by atoms with Gasteiger partial charge >= 0.3 is 0 Å². The summed E-state index contributed by atoms with van der Waals surface area (Å²) in [5, 5.41) is 52.6. The van der Waals surface area contributed by atoms with Gasteiger partial charge in [-0.15, -0.1) is 28.6 Å². The topological polar surface area (TPSA) is 160 Å². The van der Waals surface area contributed by atoms with E-state index in [1.165, 1.54) is 0 Å². The van der Waals surface area contributed by atoms with Crippen molar-refractivity contribution in [3.8, 4) is 39.2 Å². The molecule has 3 fully saturated rings. The second-order valence-electron chi connectivity index (χ2n) is 19.4. The summed E-state index contributed by atoms with van der Waals surface area (Å²) < 4.78 is 0. The number of aliphatic hydroxyl groups is 3. The molecule has 3 saturated carbocycles. The Morgan fingerprint density at radius 1 is 1.03 bits per heavy atom. The van der Waals surface area contributed by atoms with Crippen molar-refractivity contribution in [3.63, 3.8) is 0 Å². The Hall–Kier alpha value is -4.62. The number of hydrogen-bond donors (Lipinski definition) is 7. The summed E-state index contributed by atoms with van der Waals surface area (Å²) in [5.74, 6) is 13.8. The van der Waals surface area contributed by atoms with Gasteiger partial charge in [-0.1, -0.05) is 48.4 Å². The fourth-order valence-electron chi connectivity index (χ4n) is 12.9. The Bertz CT molecular complexity index is 2540. The van der Waals surface area contributed by atoms with Crippen LogP contribution < -0.4 is 16.4 Å².